The number of hydrogen-bond donors (Lipinski definition) is 1. The number of nitrogens with zero attached hydrogens (tertiary/aromatic N) is 3. The zero-order valence-electron chi connectivity index (χ0n) is 9.75. The van der Waals surface area contributed by atoms with Crippen LogP contribution in [0.3, 0.4) is 0 Å². The van der Waals surface area contributed by atoms with Crippen LogP contribution in [0.2, 0.25) is 0 Å². The van der Waals surface area contributed by atoms with Crippen molar-refractivity contribution in [3.8, 4) is 6.07 Å². The van der Waals surface area contributed by atoms with Gasteiger partial charge >= 0.3 is 6.18 Å². The van der Waals surface area contributed by atoms with Crippen molar-refractivity contribution in [1.82, 2.24) is 14.9 Å². The minimum absolute atomic E-state index is 0.239. The number of pyridine rings is 1. The maximum atomic E-state index is 12.7. The number of fused-ring (bicyclic) bond motifs is 3. The molecule has 1 N–H and O–H groups in total. The van der Waals surface area contributed by atoms with Gasteiger partial charge in [0.15, 0.2) is 0 Å². The van der Waals surface area contributed by atoms with Crippen molar-refractivity contribution < 1.29 is 13.2 Å². The topological polar surface area (TPSA) is 53.6 Å². The van der Waals surface area contributed by atoms with E-state index >= 15 is 0 Å². The predicted molar refractivity (Wildman–Crippen MR) is 61.2 cm³/mol. The molecular formula is C12H9F3N4. The summed E-state index contributed by atoms with van der Waals surface area (Å²) in [5, 5.41) is 12.7. The molecule has 3 rings (SSSR count). The Kier molecular flexibility index (Phi) is 2.50. The van der Waals surface area contributed by atoms with Crippen molar-refractivity contribution in [2.45, 2.75) is 19.3 Å². The molecule has 1 aliphatic rings. The monoisotopic (exact) mass is 266 g/mol. The molecule has 2 aromatic rings. The normalized spacial score (nSPS) is 15.3. The lowest BCUT2D eigenvalue weighted by molar-refractivity contribution is -0.141. The second-order valence-electron chi connectivity index (χ2n) is 4.33. The second kappa shape index (κ2) is 3.96. The first-order valence-corrected chi connectivity index (χ1v) is 5.72. The summed E-state index contributed by atoms with van der Waals surface area (Å²) in [4.78, 5) is 3.69. The third kappa shape index (κ3) is 1.76. The van der Waals surface area contributed by atoms with E-state index in [4.69, 9.17) is 5.26 Å². The molecule has 0 spiro atoms. The van der Waals surface area contributed by atoms with Gasteiger partial charge in [-0.3, -0.25) is 0 Å². The van der Waals surface area contributed by atoms with Gasteiger partial charge in [0.2, 0.25) is 0 Å². The number of alkyl halides is 3. The fourth-order valence-corrected chi connectivity index (χ4v) is 2.37. The van der Waals surface area contributed by atoms with Crippen molar-refractivity contribution in [3.63, 3.8) is 0 Å². The van der Waals surface area contributed by atoms with E-state index in [0.29, 0.717) is 36.3 Å². The summed E-state index contributed by atoms with van der Waals surface area (Å²) >= 11 is 0. The number of hydrogen-bond acceptors (Lipinski definition) is 3. The molecule has 0 radical (unpaired) electrons. The highest BCUT2D eigenvalue weighted by Gasteiger charge is 2.33. The summed E-state index contributed by atoms with van der Waals surface area (Å²) in [5.41, 5.74) is 0.421. The van der Waals surface area contributed by atoms with E-state index < -0.39 is 11.9 Å². The Hall–Kier alpha value is -2.07. The van der Waals surface area contributed by atoms with Crippen LogP contribution >= 0.6 is 0 Å². The number of rotatable bonds is 0. The van der Waals surface area contributed by atoms with E-state index in [1.54, 1.807) is 4.57 Å². The molecule has 0 amide bonds. The average molecular weight is 266 g/mol. The van der Waals surface area contributed by atoms with E-state index in [1.807, 2.05) is 0 Å². The Bertz CT molecular complexity index is 694. The number of aromatic nitrogens is 2. The first-order valence-electron chi connectivity index (χ1n) is 5.72. The molecule has 19 heavy (non-hydrogen) atoms. The molecule has 0 fully saturated rings. The average Bonchev–Trinajstić information content (AvgIpc) is 2.70. The molecule has 0 unspecified atom stereocenters. The summed E-state index contributed by atoms with van der Waals surface area (Å²) < 4.78 is 39.8. The van der Waals surface area contributed by atoms with Gasteiger partial charge in [-0.2, -0.15) is 18.4 Å². The highest BCUT2D eigenvalue weighted by atomic mass is 19.4. The van der Waals surface area contributed by atoms with Crippen molar-refractivity contribution in [2.75, 3.05) is 6.54 Å². The molecule has 3 heterocycles. The van der Waals surface area contributed by atoms with Crippen LogP contribution < -0.4 is 5.32 Å². The Balaban J connectivity index is 2.32. The first-order chi connectivity index (χ1) is 9.02. The van der Waals surface area contributed by atoms with Gasteiger partial charge in [-0.1, -0.05) is 0 Å². The zero-order chi connectivity index (χ0) is 13.6. The lowest BCUT2D eigenvalue weighted by Crippen LogP contribution is -2.28. The van der Waals surface area contributed by atoms with Gasteiger partial charge in [0, 0.05) is 25.0 Å². The van der Waals surface area contributed by atoms with Crippen LogP contribution in [0, 0.1) is 11.3 Å². The van der Waals surface area contributed by atoms with Gasteiger partial charge in [0.05, 0.1) is 11.3 Å². The Morgan fingerprint density at radius 1 is 1.37 bits per heavy atom. The summed E-state index contributed by atoms with van der Waals surface area (Å²) in [7, 11) is 0. The second-order valence-corrected chi connectivity index (χ2v) is 4.33. The Morgan fingerprint density at radius 2 is 2.16 bits per heavy atom. The fourth-order valence-electron chi connectivity index (χ4n) is 2.37. The minimum Gasteiger partial charge on any atom is -0.326 e. The molecule has 0 aliphatic carbocycles. The third-order valence-electron chi connectivity index (χ3n) is 3.22. The van der Waals surface area contributed by atoms with Crippen LogP contribution in [0.4, 0.5) is 13.2 Å². The highest BCUT2D eigenvalue weighted by molar-refractivity contribution is 5.85. The minimum atomic E-state index is -4.47. The molecule has 0 saturated carbocycles. The van der Waals surface area contributed by atoms with Crippen LogP contribution in [0.1, 0.15) is 17.0 Å². The molecule has 2 aromatic heterocycles. The van der Waals surface area contributed by atoms with E-state index in [1.165, 1.54) is 6.07 Å². The van der Waals surface area contributed by atoms with E-state index in [-0.39, 0.29) is 5.65 Å². The van der Waals surface area contributed by atoms with Crippen LogP contribution in [0.25, 0.3) is 11.0 Å². The summed E-state index contributed by atoms with van der Waals surface area (Å²) in [5.74, 6) is 0. The Morgan fingerprint density at radius 3 is 2.84 bits per heavy atom. The molecule has 0 atom stereocenters. The summed E-state index contributed by atoms with van der Waals surface area (Å²) in [6, 6.07) is 4.30. The largest absolute Gasteiger partial charge is 0.433 e. The van der Waals surface area contributed by atoms with Gasteiger partial charge in [0.1, 0.15) is 17.4 Å². The SMILES string of the molecule is N#Cc1c2n(c3nc(C(F)(F)F)ccc13)CCNC2. The van der Waals surface area contributed by atoms with Crippen LogP contribution in [0.15, 0.2) is 12.1 Å². The zero-order valence-corrected chi connectivity index (χ0v) is 9.75. The highest BCUT2D eigenvalue weighted by Crippen LogP contribution is 2.32. The lowest BCUT2D eigenvalue weighted by atomic mass is 10.1. The first kappa shape index (κ1) is 12.0. The maximum Gasteiger partial charge on any atom is 0.433 e. The van der Waals surface area contributed by atoms with Gasteiger partial charge in [-0.15, -0.1) is 0 Å². The van der Waals surface area contributed by atoms with Crippen LogP contribution in [-0.2, 0) is 19.3 Å². The molecule has 4 nitrogen and oxygen atoms in total. The number of halogens is 3. The standard InChI is InChI=1S/C12H9F3N4/c13-12(14,15)10-2-1-7-8(5-16)9-6-17-3-4-19(9)11(7)18-10/h1-2,17H,3-4,6H2. The third-order valence-corrected chi connectivity index (χ3v) is 3.22. The van der Waals surface area contributed by atoms with Crippen molar-refractivity contribution in [2.24, 2.45) is 0 Å². The Labute approximate surface area is 106 Å². The molecule has 98 valence electrons. The van der Waals surface area contributed by atoms with Gasteiger partial charge in [0.25, 0.3) is 0 Å². The quantitative estimate of drug-likeness (QED) is 0.793. The van der Waals surface area contributed by atoms with Gasteiger partial charge in [-0.05, 0) is 12.1 Å². The smallest absolute Gasteiger partial charge is 0.326 e. The molecule has 0 saturated heterocycles. The predicted octanol–water partition coefficient (Wildman–Crippen LogP) is 2.03. The summed E-state index contributed by atoms with van der Waals surface area (Å²) in [6.07, 6.45) is -4.47. The maximum absolute atomic E-state index is 12.7. The van der Waals surface area contributed by atoms with E-state index in [2.05, 4.69) is 16.4 Å². The number of nitriles is 1. The molecule has 0 aromatic carbocycles. The lowest BCUT2D eigenvalue weighted by Gasteiger charge is -2.17. The van der Waals surface area contributed by atoms with Gasteiger partial charge < -0.3 is 9.88 Å². The molecular weight excluding hydrogens is 257 g/mol. The van der Waals surface area contributed by atoms with Crippen LogP contribution in [-0.4, -0.2) is 16.1 Å². The fraction of sp³-hybridized carbons (Fsp3) is 0.333. The van der Waals surface area contributed by atoms with Crippen molar-refractivity contribution >= 4 is 11.0 Å². The molecule has 1 aliphatic heterocycles. The van der Waals surface area contributed by atoms with Crippen molar-refractivity contribution in [1.29, 1.82) is 5.26 Å². The number of nitrogens with one attached hydrogen (secondary N) is 1. The van der Waals surface area contributed by atoms with Gasteiger partial charge in [-0.25, -0.2) is 4.98 Å². The van der Waals surface area contributed by atoms with E-state index in [0.717, 1.165) is 6.07 Å². The van der Waals surface area contributed by atoms with Crippen LogP contribution in [0.5, 0.6) is 0 Å². The van der Waals surface area contributed by atoms with E-state index in [9.17, 15) is 13.2 Å². The summed E-state index contributed by atoms with van der Waals surface area (Å²) in [6.45, 7) is 1.64. The molecule has 7 heteroatoms. The van der Waals surface area contributed by atoms with Crippen molar-refractivity contribution in [3.05, 3.63) is 29.1 Å². The molecule has 0 bridgehead atoms.